The molecule has 0 unspecified atom stereocenters. The maximum atomic E-state index is 5.68. The molecule has 1 aromatic heterocycles. The predicted octanol–water partition coefficient (Wildman–Crippen LogP) is 2.32. The van der Waals surface area contributed by atoms with Crippen molar-refractivity contribution >= 4 is 16.5 Å². The van der Waals surface area contributed by atoms with E-state index in [4.69, 9.17) is 10.6 Å². The van der Waals surface area contributed by atoms with Gasteiger partial charge >= 0.3 is 0 Å². The minimum Gasteiger partial charge on any atom is -0.488 e. The first kappa shape index (κ1) is 10.9. The number of aryl methyl sites for hydroxylation is 1. The molecule has 1 heterocycles. The zero-order chi connectivity index (χ0) is 11.4. The van der Waals surface area contributed by atoms with Crippen molar-refractivity contribution in [3.05, 3.63) is 40.9 Å². The predicted molar refractivity (Wildman–Crippen MR) is 65.4 cm³/mol. The number of nitrogens with two attached hydrogens (primary N) is 1. The van der Waals surface area contributed by atoms with Crippen LogP contribution in [-0.2, 0) is 6.61 Å². The Balaban J connectivity index is 1.99. The highest BCUT2D eigenvalue weighted by atomic mass is 32.1. The lowest BCUT2D eigenvalue weighted by atomic mass is 10.2. The van der Waals surface area contributed by atoms with Gasteiger partial charge in [0.05, 0.1) is 4.88 Å². The van der Waals surface area contributed by atoms with Crippen LogP contribution in [0.2, 0.25) is 0 Å². The summed E-state index contributed by atoms with van der Waals surface area (Å²) in [5.74, 6) is 6.15. The Kier molecular flexibility index (Phi) is 3.38. The lowest BCUT2D eigenvalue weighted by Gasteiger charge is -2.06. The van der Waals surface area contributed by atoms with E-state index in [0.29, 0.717) is 11.7 Å². The zero-order valence-electron chi connectivity index (χ0n) is 8.93. The number of aromatic nitrogens is 1. The molecule has 0 bridgehead atoms. The quantitative estimate of drug-likeness (QED) is 0.630. The number of benzene rings is 1. The molecule has 0 atom stereocenters. The molecule has 0 radical (unpaired) electrons. The van der Waals surface area contributed by atoms with Gasteiger partial charge in [0.2, 0.25) is 0 Å². The summed E-state index contributed by atoms with van der Waals surface area (Å²) in [6, 6.07) is 7.93. The molecule has 0 saturated heterocycles. The highest BCUT2D eigenvalue weighted by Crippen LogP contribution is 2.21. The highest BCUT2D eigenvalue weighted by molar-refractivity contribution is 7.15. The van der Waals surface area contributed by atoms with E-state index >= 15 is 0 Å². The molecule has 1 aromatic carbocycles. The molecule has 4 nitrogen and oxygen atoms in total. The summed E-state index contributed by atoms with van der Waals surface area (Å²) in [5.41, 5.74) is 3.64. The number of nitrogens with zero attached hydrogens (tertiary/aromatic N) is 1. The van der Waals surface area contributed by atoms with Crippen molar-refractivity contribution in [3.63, 3.8) is 0 Å². The topological polar surface area (TPSA) is 60.2 Å². The van der Waals surface area contributed by atoms with Crippen LogP contribution in [0.15, 0.2) is 30.5 Å². The van der Waals surface area contributed by atoms with Crippen molar-refractivity contribution in [1.29, 1.82) is 0 Å². The van der Waals surface area contributed by atoms with Crippen LogP contribution in [0.1, 0.15) is 10.4 Å². The fourth-order valence-electron chi connectivity index (χ4n) is 1.31. The van der Waals surface area contributed by atoms with Crippen LogP contribution in [0.25, 0.3) is 0 Å². The molecule has 0 fully saturated rings. The first-order valence-corrected chi connectivity index (χ1v) is 5.71. The molecule has 3 N–H and O–H groups in total. The number of nitrogens with one attached hydrogen (secondary N) is 1. The van der Waals surface area contributed by atoms with E-state index < -0.39 is 0 Å². The van der Waals surface area contributed by atoms with Gasteiger partial charge in [-0.15, -0.1) is 0 Å². The van der Waals surface area contributed by atoms with Crippen LogP contribution in [0.4, 0.5) is 5.13 Å². The molecule has 5 heteroatoms. The zero-order valence-corrected chi connectivity index (χ0v) is 9.75. The van der Waals surface area contributed by atoms with Gasteiger partial charge in [0.15, 0.2) is 5.13 Å². The van der Waals surface area contributed by atoms with E-state index in [0.717, 1.165) is 16.2 Å². The van der Waals surface area contributed by atoms with Gasteiger partial charge in [-0.05, 0) is 18.6 Å². The standard InChI is InChI=1S/C11H13N3OS/c1-8-4-2-3-5-10(8)15-7-9-6-13-11(14-12)16-9/h2-6H,7,12H2,1H3,(H,13,14). The first-order valence-electron chi connectivity index (χ1n) is 4.89. The number of hydrogen-bond donors (Lipinski definition) is 2. The molecule has 0 aliphatic rings. The summed E-state index contributed by atoms with van der Waals surface area (Å²) in [4.78, 5) is 5.11. The Bertz CT molecular complexity index is 470. The third-order valence-electron chi connectivity index (χ3n) is 2.14. The van der Waals surface area contributed by atoms with Crippen LogP contribution in [0.3, 0.4) is 0 Å². The molecular weight excluding hydrogens is 222 g/mol. The summed E-state index contributed by atoms with van der Waals surface area (Å²) in [7, 11) is 0. The van der Waals surface area contributed by atoms with Crippen molar-refractivity contribution in [2.24, 2.45) is 5.84 Å². The molecule has 0 spiro atoms. The maximum Gasteiger partial charge on any atom is 0.197 e. The highest BCUT2D eigenvalue weighted by Gasteiger charge is 2.02. The smallest absolute Gasteiger partial charge is 0.197 e. The van der Waals surface area contributed by atoms with Gasteiger partial charge in [-0.25, -0.2) is 10.8 Å². The second-order valence-corrected chi connectivity index (χ2v) is 4.45. The fourth-order valence-corrected chi connectivity index (χ4v) is 1.94. The third-order valence-corrected chi connectivity index (χ3v) is 3.04. The van der Waals surface area contributed by atoms with Crippen molar-refractivity contribution in [3.8, 4) is 5.75 Å². The van der Waals surface area contributed by atoms with E-state index in [2.05, 4.69) is 10.4 Å². The van der Waals surface area contributed by atoms with E-state index in [1.807, 2.05) is 31.2 Å². The number of rotatable bonds is 4. The van der Waals surface area contributed by atoms with Crippen molar-refractivity contribution in [1.82, 2.24) is 4.98 Å². The lowest BCUT2D eigenvalue weighted by Crippen LogP contribution is -2.05. The van der Waals surface area contributed by atoms with Crippen LogP contribution in [0.5, 0.6) is 5.75 Å². The fraction of sp³-hybridized carbons (Fsp3) is 0.182. The molecule has 2 rings (SSSR count). The van der Waals surface area contributed by atoms with Crippen LogP contribution in [0, 0.1) is 6.92 Å². The van der Waals surface area contributed by atoms with Crippen LogP contribution >= 0.6 is 11.3 Å². The van der Waals surface area contributed by atoms with E-state index in [-0.39, 0.29) is 0 Å². The lowest BCUT2D eigenvalue weighted by molar-refractivity contribution is 0.307. The van der Waals surface area contributed by atoms with Gasteiger partial charge in [0.1, 0.15) is 12.4 Å². The summed E-state index contributed by atoms with van der Waals surface area (Å²) in [5, 5.41) is 0.698. The molecule has 0 aliphatic carbocycles. The van der Waals surface area contributed by atoms with Crippen molar-refractivity contribution < 1.29 is 4.74 Å². The SMILES string of the molecule is Cc1ccccc1OCc1cnc(NN)s1. The van der Waals surface area contributed by atoms with Gasteiger partial charge in [-0.3, -0.25) is 5.43 Å². The number of para-hydroxylation sites is 1. The van der Waals surface area contributed by atoms with Gasteiger partial charge in [-0.1, -0.05) is 29.5 Å². The first-order chi connectivity index (χ1) is 7.79. The average Bonchev–Trinajstić information content (AvgIpc) is 2.76. The minimum atomic E-state index is 0.518. The summed E-state index contributed by atoms with van der Waals surface area (Å²) < 4.78 is 5.68. The van der Waals surface area contributed by atoms with Gasteiger partial charge in [-0.2, -0.15) is 0 Å². The Morgan fingerprint density at radius 3 is 2.94 bits per heavy atom. The van der Waals surface area contributed by atoms with Gasteiger partial charge < -0.3 is 4.74 Å². The number of thiazole rings is 1. The van der Waals surface area contributed by atoms with Crippen LogP contribution in [-0.4, -0.2) is 4.98 Å². The molecule has 2 aromatic rings. The largest absolute Gasteiger partial charge is 0.488 e. The molecule has 16 heavy (non-hydrogen) atoms. The van der Waals surface area contributed by atoms with Gasteiger partial charge in [0.25, 0.3) is 0 Å². The van der Waals surface area contributed by atoms with Gasteiger partial charge in [0, 0.05) is 6.20 Å². The molecule has 0 saturated carbocycles. The Morgan fingerprint density at radius 1 is 1.44 bits per heavy atom. The normalized spacial score (nSPS) is 10.1. The Morgan fingerprint density at radius 2 is 2.25 bits per heavy atom. The number of nitrogen functional groups attached to an aromatic ring is 1. The molecule has 84 valence electrons. The van der Waals surface area contributed by atoms with Crippen molar-refractivity contribution in [2.45, 2.75) is 13.5 Å². The summed E-state index contributed by atoms with van der Waals surface area (Å²) in [6.07, 6.45) is 1.76. The number of hydrogen-bond acceptors (Lipinski definition) is 5. The summed E-state index contributed by atoms with van der Waals surface area (Å²) in [6.45, 7) is 2.54. The second-order valence-electron chi connectivity index (χ2n) is 3.33. The molecule has 0 amide bonds. The molecule has 0 aliphatic heterocycles. The number of anilines is 1. The number of ether oxygens (including phenoxy) is 1. The van der Waals surface area contributed by atoms with Crippen molar-refractivity contribution in [2.75, 3.05) is 5.43 Å². The summed E-state index contributed by atoms with van der Waals surface area (Å²) >= 11 is 1.49. The van der Waals surface area contributed by atoms with E-state index in [9.17, 15) is 0 Å². The molecular formula is C11H13N3OS. The third kappa shape index (κ3) is 2.50. The van der Waals surface area contributed by atoms with Crippen LogP contribution < -0.4 is 16.0 Å². The average molecular weight is 235 g/mol. The number of hydrazine groups is 1. The second kappa shape index (κ2) is 4.96. The maximum absolute atomic E-state index is 5.68. The van der Waals surface area contributed by atoms with E-state index in [1.54, 1.807) is 6.20 Å². The monoisotopic (exact) mass is 235 g/mol. The Hall–Kier alpha value is -1.59. The minimum absolute atomic E-state index is 0.518. The van der Waals surface area contributed by atoms with E-state index in [1.165, 1.54) is 11.3 Å². The Labute approximate surface area is 98.1 Å².